The molecule has 0 aromatic rings. The molecule has 2 rings (SSSR count). The number of aliphatic hydroxyl groups is 1. The van der Waals surface area contributed by atoms with Gasteiger partial charge in [-0.25, -0.2) is 0 Å². The lowest BCUT2D eigenvalue weighted by atomic mass is 9.88. The highest BCUT2D eigenvalue weighted by Gasteiger charge is 2.42. The molecule has 3 unspecified atom stereocenters. The Bertz CT molecular complexity index is 267. The van der Waals surface area contributed by atoms with E-state index in [0.29, 0.717) is 6.04 Å². The quantitative estimate of drug-likeness (QED) is 0.808. The number of nitrogens with zero attached hydrogens (tertiary/aromatic N) is 2. The summed E-state index contributed by atoms with van der Waals surface area (Å²) in [6.45, 7) is 7.97. The van der Waals surface area contributed by atoms with Crippen LogP contribution in [-0.2, 0) is 0 Å². The number of hydrogen-bond donors (Lipinski definition) is 1. The van der Waals surface area contributed by atoms with Gasteiger partial charge >= 0.3 is 0 Å². The average molecular weight is 240 g/mol. The molecule has 0 aromatic carbocycles. The summed E-state index contributed by atoms with van der Waals surface area (Å²) in [4.78, 5) is 4.82. The SMILES string of the molecule is CN1CCC(CN(C)C2CCC(C)(C)C2O)C1. The van der Waals surface area contributed by atoms with Crippen LogP contribution in [0.1, 0.15) is 33.1 Å². The van der Waals surface area contributed by atoms with Gasteiger partial charge in [-0.3, -0.25) is 0 Å². The van der Waals surface area contributed by atoms with Gasteiger partial charge in [-0.1, -0.05) is 13.8 Å². The molecule has 0 spiro atoms. The highest BCUT2D eigenvalue weighted by atomic mass is 16.3. The second-order valence-corrected chi connectivity index (χ2v) is 6.90. The first-order valence-electron chi connectivity index (χ1n) is 6.97. The molecule has 0 aromatic heterocycles. The van der Waals surface area contributed by atoms with Crippen LogP contribution in [-0.4, -0.2) is 60.8 Å². The number of rotatable bonds is 3. The molecular formula is C14H28N2O. The van der Waals surface area contributed by atoms with Crippen LogP contribution in [0.5, 0.6) is 0 Å². The monoisotopic (exact) mass is 240 g/mol. The zero-order chi connectivity index (χ0) is 12.6. The summed E-state index contributed by atoms with van der Waals surface area (Å²) in [5.74, 6) is 0.793. The lowest BCUT2D eigenvalue weighted by Crippen LogP contribution is -2.44. The third kappa shape index (κ3) is 2.83. The standard InChI is InChI=1S/C14H28N2O/c1-14(2)7-5-12(13(14)17)16(4)10-11-6-8-15(3)9-11/h11-13,17H,5-10H2,1-4H3. The third-order valence-corrected chi connectivity index (χ3v) is 4.85. The lowest BCUT2D eigenvalue weighted by Gasteiger charge is -2.33. The van der Waals surface area contributed by atoms with Gasteiger partial charge in [-0.05, 0) is 51.2 Å². The molecule has 0 bridgehead atoms. The van der Waals surface area contributed by atoms with Crippen molar-refractivity contribution in [2.45, 2.75) is 45.3 Å². The molecule has 2 fully saturated rings. The molecule has 100 valence electrons. The number of aliphatic hydroxyl groups excluding tert-OH is 1. The Labute approximate surface area is 106 Å². The predicted octanol–water partition coefficient (Wildman–Crippen LogP) is 1.42. The molecule has 0 amide bonds. The van der Waals surface area contributed by atoms with Gasteiger partial charge in [-0.15, -0.1) is 0 Å². The second kappa shape index (κ2) is 4.87. The van der Waals surface area contributed by atoms with Gasteiger partial charge in [0.25, 0.3) is 0 Å². The van der Waals surface area contributed by atoms with Crippen molar-refractivity contribution in [2.75, 3.05) is 33.7 Å². The molecule has 1 saturated heterocycles. The summed E-state index contributed by atoms with van der Waals surface area (Å²) in [7, 11) is 4.39. The highest BCUT2D eigenvalue weighted by molar-refractivity contribution is 4.96. The smallest absolute Gasteiger partial charge is 0.0746 e. The maximum absolute atomic E-state index is 10.4. The van der Waals surface area contributed by atoms with Crippen LogP contribution < -0.4 is 0 Å². The van der Waals surface area contributed by atoms with E-state index in [4.69, 9.17) is 0 Å². The molecule has 2 aliphatic rings. The average Bonchev–Trinajstić information content (AvgIpc) is 2.73. The van der Waals surface area contributed by atoms with E-state index >= 15 is 0 Å². The Balaban J connectivity index is 1.86. The number of likely N-dealkylation sites (N-methyl/N-ethyl adjacent to an activating group) is 1. The van der Waals surface area contributed by atoms with E-state index in [1.54, 1.807) is 0 Å². The summed E-state index contributed by atoms with van der Waals surface area (Å²) in [5, 5.41) is 10.4. The minimum absolute atomic E-state index is 0.103. The van der Waals surface area contributed by atoms with Crippen molar-refractivity contribution in [2.24, 2.45) is 11.3 Å². The van der Waals surface area contributed by atoms with Gasteiger partial charge in [0, 0.05) is 19.1 Å². The topological polar surface area (TPSA) is 26.7 Å². The van der Waals surface area contributed by atoms with Crippen molar-refractivity contribution in [3.8, 4) is 0 Å². The van der Waals surface area contributed by atoms with E-state index in [2.05, 4.69) is 37.7 Å². The van der Waals surface area contributed by atoms with Crippen LogP contribution in [0.2, 0.25) is 0 Å². The summed E-state index contributed by atoms with van der Waals surface area (Å²) >= 11 is 0. The first-order chi connectivity index (χ1) is 7.90. The predicted molar refractivity (Wildman–Crippen MR) is 71.0 cm³/mol. The molecule has 3 heteroatoms. The van der Waals surface area contributed by atoms with Gasteiger partial charge in [0.15, 0.2) is 0 Å². The van der Waals surface area contributed by atoms with Gasteiger partial charge in [-0.2, -0.15) is 0 Å². The van der Waals surface area contributed by atoms with E-state index in [1.165, 1.54) is 19.5 Å². The number of likely N-dealkylation sites (tertiary alicyclic amines) is 1. The fourth-order valence-corrected chi connectivity index (χ4v) is 3.53. The minimum atomic E-state index is -0.161. The Morgan fingerprint density at radius 3 is 2.53 bits per heavy atom. The van der Waals surface area contributed by atoms with Crippen LogP contribution in [0.3, 0.4) is 0 Å². The minimum Gasteiger partial charge on any atom is -0.391 e. The van der Waals surface area contributed by atoms with Crippen molar-refractivity contribution in [3.05, 3.63) is 0 Å². The van der Waals surface area contributed by atoms with Crippen LogP contribution in [0.4, 0.5) is 0 Å². The highest BCUT2D eigenvalue weighted by Crippen LogP contribution is 2.39. The van der Waals surface area contributed by atoms with Crippen molar-refractivity contribution < 1.29 is 5.11 Å². The fourth-order valence-electron chi connectivity index (χ4n) is 3.53. The second-order valence-electron chi connectivity index (χ2n) is 6.90. The van der Waals surface area contributed by atoms with Crippen molar-refractivity contribution in [1.29, 1.82) is 0 Å². The summed E-state index contributed by atoms with van der Waals surface area (Å²) in [6.07, 6.45) is 3.44. The Morgan fingerprint density at radius 1 is 1.35 bits per heavy atom. The molecule has 1 N–H and O–H groups in total. The normalized spacial score (nSPS) is 38.1. The van der Waals surface area contributed by atoms with Crippen molar-refractivity contribution >= 4 is 0 Å². The van der Waals surface area contributed by atoms with Gasteiger partial charge in [0.1, 0.15) is 0 Å². The zero-order valence-corrected chi connectivity index (χ0v) is 11.8. The van der Waals surface area contributed by atoms with E-state index < -0.39 is 0 Å². The first-order valence-corrected chi connectivity index (χ1v) is 6.97. The zero-order valence-electron chi connectivity index (χ0n) is 11.8. The van der Waals surface area contributed by atoms with Crippen molar-refractivity contribution in [3.63, 3.8) is 0 Å². The van der Waals surface area contributed by atoms with E-state index in [1.807, 2.05) is 0 Å². The number of hydrogen-bond acceptors (Lipinski definition) is 3. The Kier molecular flexibility index (Phi) is 3.81. The fraction of sp³-hybridized carbons (Fsp3) is 1.00. The Hall–Kier alpha value is -0.120. The molecule has 1 heterocycles. The van der Waals surface area contributed by atoms with Crippen LogP contribution >= 0.6 is 0 Å². The summed E-state index contributed by atoms with van der Waals surface area (Å²) in [6, 6.07) is 0.371. The molecule has 1 saturated carbocycles. The van der Waals surface area contributed by atoms with E-state index in [0.717, 1.165) is 25.3 Å². The summed E-state index contributed by atoms with van der Waals surface area (Å²) in [5.41, 5.74) is 0.103. The molecular weight excluding hydrogens is 212 g/mol. The van der Waals surface area contributed by atoms with Gasteiger partial charge in [0.2, 0.25) is 0 Å². The first kappa shape index (κ1) is 13.3. The maximum Gasteiger partial charge on any atom is 0.0746 e. The van der Waals surface area contributed by atoms with Crippen LogP contribution in [0.15, 0.2) is 0 Å². The molecule has 0 radical (unpaired) electrons. The molecule has 3 nitrogen and oxygen atoms in total. The largest absolute Gasteiger partial charge is 0.391 e. The van der Waals surface area contributed by atoms with Gasteiger partial charge < -0.3 is 14.9 Å². The van der Waals surface area contributed by atoms with Crippen molar-refractivity contribution in [1.82, 2.24) is 9.80 Å². The molecule has 3 atom stereocenters. The lowest BCUT2D eigenvalue weighted by molar-refractivity contribution is 0.0192. The Morgan fingerprint density at radius 2 is 2.06 bits per heavy atom. The molecule has 1 aliphatic heterocycles. The van der Waals surface area contributed by atoms with Gasteiger partial charge in [0.05, 0.1) is 6.10 Å². The third-order valence-electron chi connectivity index (χ3n) is 4.85. The molecule has 17 heavy (non-hydrogen) atoms. The van der Waals surface area contributed by atoms with E-state index in [9.17, 15) is 5.11 Å². The molecule has 1 aliphatic carbocycles. The summed E-state index contributed by atoms with van der Waals surface area (Å²) < 4.78 is 0. The van der Waals surface area contributed by atoms with Crippen LogP contribution in [0.25, 0.3) is 0 Å². The van der Waals surface area contributed by atoms with E-state index in [-0.39, 0.29) is 11.5 Å². The maximum atomic E-state index is 10.4. The van der Waals surface area contributed by atoms with Crippen LogP contribution in [0, 0.1) is 11.3 Å².